The SMILES string of the molecule is CCCCCCCCCCOC(=O)c1cc(-c2ccccc2)c(C(=O)OCCCCCCCCCC)c(C(=O)OCCCCCCCCCC)c1C(=O)OCCCCCCCCCC. The van der Waals surface area contributed by atoms with Crippen LogP contribution in [0, 0.1) is 0 Å². The van der Waals surface area contributed by atoms with E-state index in [1.807, 2.05) is 30.3 Å². The monoisotopic (exact) mass is 891 g/mol. The van der Waals surface area contributed by atoms with Crippen molar-refractivity contribution >= 4 is 23.9 Å². The number of benzene rings is 2. The molecule has 0 radical (unpaired) electrons. The molecule has 0 saturated heterocycles. The highest BCUT2D eigenvalue weighted by molar-refractivity contribution is 6.18. The molecule has 8 nitrogen and oxygen atoms in total. The lowest BCUT2D eigenvalue weighted by Gasteiger charge is -2.20. The first kappa shape index (κ1) is 56.4. The quantitative estimate of drug-likeness (QED) is 0.0369. The predicted molar refractivity (Wildman–Crippen MR) is 263 cm³/mol. The van der Waals surface area contributed by atoms with Crippen LogP contribution < -0.4 is 0 Å². The van der Waals surface area contributed by atoms with Crippen LogP contribution in [0.5, 0.6) is 0 Å². The van der Waals surface area contributed by atoms with Crippen LogP contribution in [0.15, 0.2) is 36.4 Å². The van der Waals surface area contributed by atoms with Gasteiger partial charge >= 0.3 is 23.9 Å². The van der Waals surface area contributed by atoms with Crippen LogP contribution in [-0.4, -0.2) is 50.3 Å². The Hall–Kier alpha value is -3.68. The summed E-state index contributed by atoms with van der Waals surface area (Å²) in [5, 5.41) is 0. The largest absolute Gasteiger partial charge is 0.462 e. The van der Waals surface area contributed by atoms with E-state index < -0.39 is 23.9 Å². The first-order chi connectivity index (χ1) is 31.4. The molecule has 0 fully saturated rings. The highest BCUT2D eigenvalue weighted by Crippen LogP contribution is 2.34. The summed E-state index contributed by atoms with van der Waals surface area (Å²) in [6.45, 7) is 9.39. The highest BCUT2D eigenvalue weighted by atomic mass is 16.5. The molecule has 0 aliphatic rings. The van der Waals surface area contributed by atoms with Crippen molar-refractivity contribution in [3.05, 3.63) is 58.7 Å². The van der Waals surface area contributed by atoms with Gasteiger partial charge in [-0.2, -0.15) is 0 Å². The number of hydrogen-bond donors (Lipinski definition) is 0. The Labute approximate surface area is 390 Å². The van der Waals surface area contributed by atoms with Gasteiger partial charge in [0.2, 0.25) is 0 Å². The maximum atomic E-state index is 14.5. The van der Waals surface area contributed by atoms with Gasteiger partial charge in [-0.05, 0) is 42.9 Å². The Morgan fingerprint density at radius 1 is 0.328 bits per heavy atom. The maximum Gasteiger partial charge on any atom is 0.339 e. The average Bonchev–Trinajstić information content (AvgIpc) is 3.31. The van der Waals surface area contributed by atoms with Gasteiger partial charge in [-0.15, -0.1) is 0 Å². The van der Waals surface area contributed by atoms with Crippen LogP contribution in [0.2, 0.25) is 0 Å². The van der Waals surface area contributed by atoms with Gasteiger partial charge in [-0.1, -0.05) is 238 Å². The van der Waals surface area contributed by atoms with E-state index in [1.54, 1.807) is 0 Å². The lowest BCUT2D eigenvalue weighted by molar-refractivity contribution is 0.0415. The molecule has 0 aromatic heterocycles. The van der Waals surface area contributed by atoms with Gasteiger partial charge in [0.15, 0.2) is 0 Å². The van der Waals surface area contributed by atoms with Crippen molar-refractivity contribution in [3.8, 4) is 11.1 Å². The van der Waals surface area contributed by atoms with Crippen LogP contribution in [0.4, 0.5) is 0 Å². The molecule has 0 saturated carbocycles. The minimum atomic E-state index is -0.851. The summed E-state index contributed by atoms with van der Waals surface area (Å²) in [5.41, 5.74) is 0.110. The molecular weight excluding hydrogens is 801 g/mol. The summed E-state index contributed by atoms with van der Waals surface area (Å²) in [6.07, 6.45) is 34.4. The van der Waals surface area contributed by atoms with Crippen molar-refractivity contribution in [2.24, 2.45) is 0 Å². The summed E-state index contributed by atoms with van der Waals surface area (Å²) in [7, 11) is 0. The van der Waals surface area contributed by atoms with E-state index in [-0.39, 0.29) is 48.7 Å². The number of ether oxygens (including phenoxy) is 4. The summed E-state index contributed by atoms with van der Waals surface area (Å²) in [5.74, 6) is -3.18. The van der Waals surface area contributed by atoms with Crippen molar-refractivity contribution in [2.45, 2.75) is 233 Å². The molecule has 64 heavy (non-hydrogen) atoms. The number of carbonyl (C=O) groups excluding carboxylic acids is 4. The van der Waals surface area contributed by atoms with Crippen molar-refractivity contribution in [1.82, 2.24) is 0 Å². The molecule has 0 spiro atoms. The maximum absolute atomic E-state index is 14.5. The Balaban J connectivity index is 2.51. The number of unbranched alkanes of at least 4 members (excludes halogenated alkanes) is 28. The van der Waals surface area contributed by atoms with Crippen LogP contribution in [0.3, 0.4) is 0 Å². The van der Waals surface area contributed by atoms with E-state index in [1.165, 1.54) is 109 Å². The average molecular weight is 891 g/mol. The molecule has 2 rings (SSSR count). The topological polar surface area (TPSA) is 105 Å². The first-order valence-corrected chi connectivity index (χ1v) is 26.4. The van der Waals surface area contributed by atoms with E-state index >= 15 is 0 Å². The fourth-order valence-corrected chi connectivity index (χ4v) is 8.22. The first-order valence-electron chi connectivity index (χ1n) is 26.4. The van der Waals surface area contributed by atoms with Crippen LogP contribution in [-0.2, 0) is 18.9 Å². The molecule has 0 bridgehead atoms. The molecule has 0 N–H and O–H groups in total. The Kier molecular flexibility index (Phi) is 34.0. The standard InChI is InChI=1S/C56H90O8/c1-5-9-13-17-21-25-29-36-42-61-53(57)49-46-48(47-40-34-33-35-41-47)50(54(58)62-43-37-30-26-22-18-14-10-6-2)52(56(60)64-45-39-32-28-24-20-16-12-8-4)51(49)55(59)63-44-38-31-27-23-19-15-11-7-3/h33-35,40-41,46H,5-32,36-39,42-45H2,1-4H3. The second kappa shape index (κ2) is 38.6. The second-order valence-corrected chi connectivity index (χ2v) is 17.9. The molecule has 0 heterocycles. The number of rotatable bonds is 41. The van der Waals surface area contributed by atoms with Gasteiger partial charge in [0, 0.05) is 0 Å². The van der Waals surface area contributed by atoms with Crippen LogP contribution in [0.1, 0.15) is 275 Å². The van der Waals surface area contributed by atoms with Gasteiger partial charge < -0.3 is 18.9 Å². The summed E-state index contributed by atoms with van der Waals surface area (Å²) >= 11 is 0. The van der Waals surface area contributed by atoms with E-state index in [9.17, 15) is 19.2 Å². The lowest BCUT2D eigenvalue weighted by Crippen LogP contribution is -2.25. The molecular formula is C56H90O8. The van der Waals surface area contributed by atoms with Gasteiger partial charge in [-0.25, -0.2) is 19.2 Å². The molecule has 0 unspecified atom stereocenters. The smallest absolute Gasteiger partial charge is 0.339 e. The molecule has 2 aromatic carbocycles. The molecule has 362 valence electrons. The molecule has 8 heteroatoms. The van der Waals surface area contributed by atoms with E-state index in [0.29, 0.717) is 36.8 Å². The lowest BCUT2D eigenvalue weighted by atomic mass is 9.88. The van der Waals surface area contributed by atoms with Crippen LogP contribution in [0.25, 0.3) is 11.1 Å². The Morgan fingerprint density at radius 2 is 0.609 bits per heavy atom. The fourth-order valence-electron chi connectivity index (χ4n) is 8.22. The zero-order valence-corrected chi connectivity index (χ0v) is 41.2. The van der Waals surface area contributed by atoms with E-state index in [2.05, 4.69) is 27.7 Å². The van der Waals surface area contributed by atoms with E-state index in [0.717, 1.165) is 77.0 Å². The predicted octanol–water partition coefficient (Wildman–Crippen LogP) is 16.5. The fraction of sp³-hybridized carbons (Fsp3) is 0.714. The molecule has 2 aromatic rings. The van der Waals surface area contributed by atoms with Crippen molar-refractivity contribution in [3.63, 3.8) is 0 Å². The summed E-state index contributed by atoms with van der Waals surface area (Å²) < 4.78 is 23.6. The molecule has 0 atom stereocenters. The normalized spacial score (nSPS) is 11.1. The van der Waals surface area contributed by atoms with Crippen molar-refractivity contribution in [2.75, 3.05) is 26.4 Å². The van der Waals surface area contributed by atoms with Gasteiger partial charge in [-0.3, -0.25) is 0 Å². The molecule has 0 aliphatic heterocycles. The van der Waals surface area contributed by atoms with Gasteiger partial charge in [0.25, 0.3) is 0 Å². The van der Waals surface area contributed by atoms with Crippen molar-refractivity contribution < 1.29 is 38.1 Å². The number of hydrogen-bond acceptors (Lipinski definition) is 8. The Bertz CT molecular complexity index is 1520. The summed E-state index contributed by atoms with van der Waals surface area (Å²) in [4.78, 5) is 57.6. The third kappa shape index (κ3) is 24.6. The second-order valence-electron chi connectivity index (χ2n) is 17.9. The number of carbonyl (C=O) groups is 4. The molecule has 0 aliphatic carbocycles. The Morgan fingerprint density at radius 3 is 0.953 bits per heavy atom. The van der Waals surface area contributed by atoms with Crippen LogP contribution >= 0.6 is 0 Å². The third-order valence-electron chi connectivity index (χ3n) is 12.2. The third-order valence-corrected chi connectivity index (χ3v) is 12.2. The molecule has 0 amide bonds. The minimum Gasteiger partial charge on any atom is -0.462 e. The van der Waals surface area contributed by atoms with E-state index in [4.69, 9.17) is 18.9 Å². The van der Waals surface area contributed by atoms with Crippen molar-refractivity contribution in [1.29, 1.82) is 0 Å². The highest BCUT2D eigenvalue weighted by Gasteiger charge is 2.36. The van der Waals surface area contributed by atoms with Gasteiger partial charge in [0.05, 0.1) is 48.7 Å². The minimum absolute atomic E-state index is 0.0923. The zero-order valence-electron chi connectivity index (χ0n) is 41.2. The number of esters is 4. The zero-order chi connectivity index (χ0) is 46.3. The summed E-state index contributed by atoms with van der Waals surface area (Å²) in [6, 6.07) is 10.7. The van der Waals surface area contributed by atoms with Gasteiger partial charge in [0.1, 0.15) is 0 Å².